The zero-order chi connectivity index (χ0) is 29.0. The van der Waals surface area contributed by atoms with Crippen LogP contribution in [-0.4, -0.2) is 58.8 Å². The fourth-order valence-corrected chi connectivity index (χ4v) is 6.09. The molecule has 4 atom stereocenters. The second-order valence-electron chi connectivity index (χ2n) is 10.3. The summed E-state index contributed by atoms with van der Waals surface area (Å²) in [6.45, 7) is 0.384. The van der Waals surface area contributed by atoms with Crippen LogP contribution in [0.25, 0.3) is 5.69 Å². The molecular formula is C30H27N3O9. The Morgan fingerprint density at radius 1 is 0.952 bits per heavy atom. The minimum Gasteiger partial charge on any atom is -0.508 e. The third-order valence-electron chi connectivity index (χ3n) is 8.05. The Morgan fingerprint density at radius 3 is 2.33 bits per heavy atom. The molecule has 0 bridgehead atoms. The maximum Gasteiger partial charge on any atom is 0.310 e. The van der Waals surface area contributed by atoms with Crippen molar-refractivity contribution in [2.24, 2.45) is 11.8 Å². The Balaban J connectivity index is 1.28. The number of rotatable bonds is 7. The van der Waals surface area contributed by atoms with Crippen molar-refractivity contribution < 1.29 is 43.4 Å². The fourth-order valence-electron chi connectivity index (χ4n) is 6.09. The van der Waals surface area contributed by atoms with Crippen molar-refractivity contribution >= 4 is 5.97 Å². The lowest BCUT2D eigenvalue weighted by atomic mass is 9.66. The number of carbonyl (C=O) groups excluding carboxylic acids is 1. The largest absolute Gasteiger partial charge is 0.508 e. The van der Waals surface area contributed by atoms with Crippen LogP contribution in [0.2, 0.25) is 0 Å². The van der Waals surface area contributed by atoms with E-state index in [1.54, 1.807) is 47.3 Å². The minimum absolute atomic E-state index is 0.0878. The van der Waals surface area contributed by atoms with Gasteiger partial charge in [-0.3, -0.25) is 4.79 Å². The number of aromatic hydroxyl groups is 2. The lowest BCUT2D eigenvalue weighted by Gasteiger charge is -2.39. The molecule has 0 radical (unpaired) electrons. The summed E-state index contributed by atoms with van der Waals surface area (Å²) < 4.78 is 36.0. The fraction of sp³-hybridized carbons (Fsp3) is 0.300. The van der Waals surface area contributed by atoms with E-state index in [1.807, 2.05) is 12.1 Å². The zero-order valence-corrected chi connectivity index (χ0v) is 22.7. The number of phenols is 2. The average molecular weight is 574 g/mol. The molecule has 1 aliphatic carbocycles. The van der Waals surface area contributed by atoms with Gasteiger partial charge in [-0.2, -0.15) is 0 Å². The molecule has 3 aliphatic rings. The number of esters is 1. The normalized spacial score (nSPS) is 21.9. The van der Waals surface area contributed by atoms with Crippen molar-refractivity contribution in [3.8, 4) is 40.2 Å². The Labute approximate surface area is 239 Å². The summed E-state index contributed by atoms with van der Waals surface area (Å²) >= 11 is 0. The quantitative estimate of drug-likeness (QED) is 0.313. The maximum absolute atomic E-state index is 13.3. The number of fused-ring (bicyclic) bond motifs is 3. The monoisotopic (exact) mass is 573 g/mol. The number of benzene rings is 3. The van der Waals surface area contributed by atoms with Crippen molar-refractivity contribution in [3.63, 3.8) is 0 Å². The standard InChI is InChI=1S/C30H27N3O9/c1-37-24-7-15(8-25(38-2)28(24)35)26-19-9-22-23(42-14-41-22)10-20(19)29(21-13-40-30(36)27(21)26)39-12-16-11-33(32-31-16)17-3-5-18(34)6-4-17/h3-11,21,26-27,29,34-35H,12-14H2,1-2H3/t21-,26+,27-,29+/m0/s1. The second-order valence-corrected chi connectivity index (χ2v) is 10.3. The Morgan fingerprint density at radius 2 is 1.64 bits per heavy atom. The molecule has 0 spiro atoms. The van der Waals surface area contributed by atoms with Crippen LogP contribution in [0, 0.1) is 11.8 Å². The van der Waals surface area contributed by atoms with E-state index in [0.717, 1.165) is 16.8 Å². The number of carbonyl (C=O) groups is 1. The molecule has 2 aliphatic heterocycles. The first-order valence-electron chi connectivity index (χ1n) is 13.3. The lowest BCUT2D eigenvalue weighted by molar-refractivity contribution is -0.141. The highest BCUT2D eigenvalue weighted by Gasteiger charge is 2.53. The second kappa shape index (κ2) is 10.1. The van der Waals surface area contributed by atoms with Crippen molar-refractivity contribution in [2.45, 2.75) is 18.6 Å². The molecule has 42 heavy (non-hydrogen) atoms. The van der Waals surface area contributed by atoms with E-state index >= 15 is 0 Å². The summed E-state index contributed by atoms with van der Waals surface area (Å²) in [5, 5.41) is 28.6. The number of methoxy groups -OCH3 is 2. The molecule has 4 aromatic rings. The predicted octanol–water partition coefficient (Wildman–Crippen LogP) is 3.62. The van der Waals surface area contributed by atoms with Gasteiger partial charge in [0, 0.05) is 11.8 Å². The Hall–Kier alpha value is -4.97. The highest BCUT2D eigenvalue weighted by Crippen LogP contribution is 2.56. The van der Waals surface area contributed by atoms with Crippen molar-refractivity contribution in [2.75, 3.05) is 27.6 Å². The van der Waals surface area contributed by atoms with Crippen molar-refractivity contribution in [1.82, 2.24) is 15.0 Å². The summed E-state index contributed by atoms with van der Waals surface area (Å²) in [6.07, 6.45) is 1.23. The van der Waals surface area contributed by atoms with Crippen LogP contribution < -0.4 is 18.9 Å². The van der Waals surface area contributed by atoms with E-state index in [0.29, 0.717) is 22.8 Å². The van der Waals surface area contributed by atoms with Gasteiger partial charge in [0.1, 0.15) is 11.4 Å². The summed E-state index contributed by atoms with van der Waals surface area (Å²) in [6, 6.07) is 13.8. The topological polar surface area (TPSA) is 144 Å². The highest BCUT2D eigenvalue weighted by atomic mass is 16.7. The molecule has 12 heteroatoms. The smallest absolute Gasteiger partial charge is 0.310 e. The van der Waals surface area contributed by atoms with Gasteiger partial charge in [0.05, 0.1) is 51.3 Å². The Bertz CT molecular complexity index is 1640. The molecule has 216 valence electrons. The van der Waals surface area contributed by atoms with Gasteiger partial charge in [0.2, 0.25) is 12.5 Å². The highest BCUT2D eigenvalue weighted by molar-refractivity contribution is 5.79. The van der Waals surface area contributed by atoms with E-state index < -0.39 is 17.9 Å². The molecule has 0 saturated carbocycles. The predicted molar refractivity (Wildman–Crippen MR) is 144 cm³/mol. The van der Waals surface area contributed by atoms with Gasteiger partial charge in [-0.25, -0.2) is 4.68 Å². The van der Waals surface area contributed by atoms with E-state index in [2.05, 4.69) is 10.3 Å². The number of ether oxygens (including phenoxy) is 6. The SMILES string of the molecule is COc1cc([C@@H]2c3cc4c(cc3[C@@H](OCc3cn(-c5ccc(O)cc5)nn3)[C@H]3COC(=O)[C@H]23)OCO4)cc(OC)c1O. The lowest BCUT2D eigenvalue weighted by Crippen LogP contribution is -2.35. The number of nitrogens with zero attached hydrogens (tertiary/aromatic N) is 3. The van der Waals surface area contributed by atoms with E-state index in [-0.39, 0.29) is 54.9 Å². The van der Waals surface area contributed by atoms with E-state index in [9.17, 15) is 15.0 Å². The van der Waals surface area contributed by atoms with Crippen molar-refractivity contribution in [3.05, 3.63) is 77.1 Å². The summed E-state index contributed by atoms with van der Waals surface area (Å²) in [5.74, 6) is -0.0839. The van der Waals surface area contributed by atoms with E-state index in [1.165, 1.54) is 14.2 Å². The average Bonchev–Trinajstić information content (AvgIpc) is 3.75. The molecular weight excluding hydrogens is 546 g/mol. The summed E-state index contributed by atoms with van der Waals surface area (Å²) in [5.41, 5.74) is 3.68. The molecule has 3 heterocycles. The molecule has 2 N–H and O–H groups in total. The van der Waals surface area contributed by atoms with Crippen molar-refractivity contribution in [1.29, 1.82) is 0 Å². The summed E-state index contributed by atoms with van der Waals surface area (Å²) in [4.78, 5) is 13.3. The van der Waals surface area contributed by atoms with Crippen LogP contribution >= 0.6 is 0 Å². The Kier molecular flexibility index (Phi) is 6.27. The van der Waals surface area contributed by atoms with Gasteiger partial charge in [-0.1, -0.05) is 5.21 Å². The molecule has 3 aromatic carbocycles. The number of cyclic esters (lactones) is 1. The maximum atomic E-state index is 13.3. The molecule has 1 saturated heterocycles. The third-order valence-corrected chi connectivity index (χ3v) is 8.05. The van der Waals surface area contributed by atoms with Crippen LogP contribution in [0.5, 0.6) is 34.5 Å². The third kappa shape index (κ3) is 4.22. The zero-order valence-electron chi connectivity index (χ0n) is 22.7. The first-order chi connectivity index (χ1) is 20.4. The minimum atomic E-state index is -0.588. The number of aromatic nitrogens is 3. The van der Waals surface area contributed by atoms with Crippen LogP contribution in [0.15, 0.2) is 54.7 Å². The molecule has 12 nitrogen and oxygen atoms in total. The molecule has 7 rings (SSSR count). The summed E-state index contributed by atoms with van der Waals surface area (Å²) in [7, 11) is 2.92. The molecule has 0 unspecified atom stereocenters. The molecule has 1 fully saturated rings. The van der Waals surface area contributed by atoms with Crippen LogP contribution in [0.4, 0.5) is 0 Å². The van der Waals surface area contributed by atoms with Gasteiger partial charge >= 0.3 is 5.97 Å². The number of hydrogen-bond donors (Lipinski definition) is 2. The van der Waals surface area contributed by atoms with Crippen LogP contribution in [0.3, 0.4) is 0 Å². The number of phenolic OH excluding ortho intramolecular Hbond substituents is 2. The first kappa shape index (κ1) is 26.0. The molecule has 1 aromatic heterocycles. The van der Waals surface area contributed by atoms with Crippen LogP contribution in [0.1, 0.15) is 34.4 Å². The van der Waals surface area contributed by atoms with E-state index in [4.69, 9.17) is 28.4 Å². The number of hydrogen-bond acceptors (Lipinski definition) is 11. The first-order valence-corrected chi connectivity index (χ1v) is 13.3. The van der Waals surface area contributed by atoms with Crippen LogP contribution in [-0.2, 0) is 20.9 Å². The van der Waals surface area contributed by atoms with Gasteiger partial charge < -0.3 is 38.6 Å². The molecule has 0 amide bonds. The van der Waals surface area contributed by atoms with Gasteiger partial charge in [-0.05, 0) is 65.2 Å². The van der Waals surface area contributed by atoms with Gasteiger partial charge in [0.25, 0.3) is 0 Å². The van der Waals surface area contributed by atoms with Gasteiger partial charge in [-0.15, -0.1) is 5.10 Å². The van der Waals surface area contributed by atoms with Gasteiger partial charge in [0.15, 0.2) is 23.0 Å².